The average Bonchev–Trinajstić information content (AvgIpc) is 2.80. The molecule has 0 saturated heterocycles. The molecule has 0 radical (unpaired) electrons. The average molecular weight is 235 g/mol. The Morgan fingerprint density at radius 3 is 2.71 bits per heavy atom. The molecule has 3 heteroatoms. The van der Waals surface area contributed by atoms with Crippen LogP contribution in [-0.2, 0) is 12.1 Å². The fraction of sp³-hybridized carbons (Fsp3) is 0.786. The van der Waals surface area contributed by atoms with Gasteiger partial charge in [0.2, 0.25) is 0 Å². The molecule has 0 aromatic carbocycles. The van der Waals surface area contributed by atoms with E-state index in [1.165, 1.54) is 24.8 Å². The molecule has 2 N–H and O–H groups in total. The summed E-state index contributed by atoms with van der Waals surface area (Å²) in [6.45, 7) is 5.45. The van der Waals surface area contributed by atoms with Gasteiger partial charge in [-0.25, -0.2) is 0 Å². The first-order valence-electron chi connectivity index (χ1n) is 6.99. The molecule has 96 valence electrons. The summed E-state index contributed by atoms with van der Waals surface area (Å²) in [6.07, 6.45) is 11.3. The molecule has 0 bridgehead atoms. The standard InChI is InChI=1S/C14H25N3/c1-3-9-17-11-13(10-16-17)14(15)7-5-12(4-2)6-8-14/h10-12H,3-9,15H2,1-2H3. The monoisotopic (exact) mass is 235 g/mol. The van der Waals surface area contributed by atoms with Gasteiger partial charge < -0.3 is 5.73 Å². The Bertz CT molecular complexity index is 348. The predicted molar refractivity (Wildman–Crippen MR) is 70.6 cm³/mol. The molecule has 0 spiro atoms. The van der Waals surface area contributed by atoms with Crippen molar-refractivity contribution in [3.05, 3.63) is 18.0 Å². The van der Waals surface area contributed by atoms with Crippen molar-refractivity contribution in [2.24, 2.45) is 11.7 Å². The third kappa shape index (κ3) is 2.71. The summed E-state index contributed by atoms with van der Waals surface area (Å²) in [5.41, 5.74) is 7.68. The normalized spacial score (nSPS) is 29.5. The van der Waals surface area contributed by atoms with E-state index in [4.69, 9.17) is 5.73 Å². The lowest BCUT2D eigenvalue weighted by molar-refractivity contribution is 0.231. The maximum atomic E-state index is 6.55. The van der Waals surface area contributed by atoms with Crippen LogP contribution >= 0.6 is 0 Å². The molecule has 1 aromatic rings. The molecule has 17 heavy (non-hydrogen) atoms. The molecule has 0 unspecified atom stereocenters. The van der Waals surface area contributed by atoms with E-state index in [0.717, 1.165) is 31.7 Å². The van der Waals surface area contributed by atoms with E-state index in [-0.39, 0.29) is 5.54 Å². The summed E-state index contributed by atoms with van der Waals surface area (Å²) in [5, 5.41) is 4.40. The summed E-state index contributed by atoms with van der Waals surface area (Å²) in [7, 11) is 0. The molecule has 3 nitrogen and oxygen atoms in total. The lowest BCUT2D eigenvalue weighted by Gasteiger charge is -2.36. The van der Waals surface area contributed by atoms with Crippen molar-refractivity contribution in [2.75, 3.05) is 0 Å². The smallest absolute Gasteiger partial charge is 0.0540 e. The first kappa shape index (κ1) is 12.6. The lowest BCUT2D eigenvalue weighted by Crippen LogP contribution is -2.40. The van der Waals surface area contributed by atoms with E-state index in [9.17, 15) is 0 Å². The fourth-order valence-corrected chi connectivity index (χ4v) is 2.86. The number of aryl methyl sites for hydroxylation is 1. The van der Waals surface area contributed by atoms with Gasteiger partial charge in [-0.15, -0.1) is 0 Å². The topological polar surface area (TPSA) is 43.8 Å². The lowest BCUT2D eigenvalue weighted by atomic mass is 9.73. The largest absolute Gasteiger partial charge is 0.321 e. The van der Waals surface area contributed by atoms with Crippen LogP contribution in [-0.4, -0.2) is 9.78 Å². The van der Waals surface area contributed by atoms with Crippen LogP contribution in [0.3, 0.4) is 0 Å². The van der Waals surface area contributed by atoms with E-state index >= 15 is 0 Å². The molecular weight excluding hydrogens is 210 g/mol. The number of hydrogen-bond acceptors (Lipinski definition) is 2. The van der Waals surface area contributed by atoms with E-state index < -0.39 is 0 Å². The molecular formula is C14H25N3. The maximum Gasteiger partial charge on any atom is 0.0540 e. The van der Waals surface area contributed by atoms with Crippen molar-refractivity contribution in [1.82, 2.24) is 9.78 Å². The highest BCUT2D eigenvalue weighted by Gasteiger charge is 2.33. The highest BCUT2D eigenvalue weighted by molar-refractivity contribution is 5.18. The maximum absolute atomic E-state index is 6.55. The molecule has 2 rings (SSSR count). The summed E-state index contributed by atoms with van der Waals surface area (Å²) in [6, 6.07) is 0. The van der Waals surface area contributed by atoms with Crippen molar-refractivity contribution in [2.45, 2.75) is 64.5 Å². The van der Waals surface area contributed by atoms with Crippen LogP contribution in [0.4, 0.5) is 0 Å². The van der Waals surface area contributed by atoms with Gasteiger partial charge >= 0.3 is 0 Å². The molecule has 0 amide bonds. The van der Waals surface area contributed by atoms with Crippen LogP contribution in [0.1, 0.15) is 57.9 Å². The highest BCUT2D eigenvalue weighted by Crippen LogP contribution is 2.38. The van der Waals surface area contributed by atoms with Gasteiger partial charge in [-0.05, 0) is 38.0 Å². The zero-order valence-corrected chi connectivity index (χ0v) is 11.2. The van der Waals surface area contributed by atoms with Crippen molar-refractivity contribution in [3.8, 4) is 0 Å². The molecule has 0 aliphatic heterocycles. The van der Waals surface area contributed by atoms with Crippen LogP contribution in [0.25, 0.3) is 0 Å². The second-order valence-corrected chi connectivity index (χ2v) is 5.50. The minimum atomic E-state index is -0.113. The van der Waals surface area contributed by atoms with Gasteiger partial charge in [0, 0.05) is 23.8 Å². The second-order valence-electron chi connectivity index (χ2n) is 5.50. The molecule has 1 aromatic heterocycles. The summed E-state index contributed by atoms with van der Waals surface area (Å²) >= 11 is 0. The Morgan fingerprint density at radius 1 is 1.41 bits per heavy atom. The van der Waals surface area contributed by atoms with Crippen molar-refractivity contribution in [1.29, 1.82) is 0 Å². The number of nitrogens with two attached hydrogens (primary N) is 1. The second kappa shape index (κ2) is 5.21. The van der Waals surface area contributed by atoms with Gasteiger partial charge in [-0.2, -0.15) is 5.10 Å². The molecule has 1 aliphatic carbocycles. The molecule has 0 atom stereocenters. The zero-order chi connectivity index (χ0) is 12.3. The van der Waals surface area contributed by atoms with Gasteiger partial charge in [-0.1, -0.05) is 20.3 Å². The Kier molecular flexibility index (Phi) is 3.87. The minimum Gasteiger partial charge on any atom is -0.321 e. The van der Waals surface area contributed by atoms with Gasteiger partial charge in [0.25, 0.3) is 0 Å². The van der Waals surface area contributed by atoms with E-state index in [1.54, 1.807) is 0 Å². The Labute approximate surface area is 104 Å². The van der Waals surface area contributed by atoms with Gasteiger partial charge in [0.15, 0.2) is 0 Å². The third-order valence-corrected chi connectivity index (χ3v) is 4.24. The van der Waals surface area contributed by atoms with E-state index in [2.05, 4.69) is 25.1 Å². The fourth-order valence-electron chi connectivity index (χ4n) is 2.86. The van der Waals surface area contributed by atoms with Gasteiger partial charge in [0.05, 0.1) is 6.20 Å². The van der Waals surface area contributed by atoms with Crippen LogP contribution in [0.15, 0.2) is 12.4 Å². The first-order valence-corrected chi connectivity index (χ1v) is 6.99. The van der Waals surface area contributed by atoms with Crippen LogP contribution in [0.5, 0.6) is 0 Å². The number of rotatable bonds is 4. The molecule has 1 heterocycles. The molecule has 1 aliphatic rings. The summed E-state index contributed by atoms with van der Waals surface area (Å²) < 4.78 is 2.02. The SMILES string of the molecule is CCCn1cc(C2(N)CCC(CC)CC2)cn1. The third-order valence-electron chi connectivity index (χ3n) is 4.24. The van der Waals surface area contributed by atoms with Crippen LogP contribution in [0.2, 0.25) is 0 Å². The Hall–Kier alpha value is -0.830. The zero-order valence-electron chi connectivity index (χ0n) is 11.2. The van der Waals surface area contributed by atoms with Crippen molar-refractivity contribution < 1.29 is 0 Å². The van der Waals surface area contributed by atoms with Crippen molar-refractivity contribution in [3.63, 3.8) is 0 Å². The highest BCUT2D eigenvalue weighted by atomic mass is 15.3. The quantitative estimate of drug-likeness (QED) is 0.871. The number of nitrogens with zero attached hydrogens (tertiary/aromatic N) is 2. The number of aromatic nitrogens is 2. The molecule has 1 saturated carbocycles. The van der Waals surface area contributed by atoms with Crippen LogP contribution < -0.4 is 5.73 Å². The minimum absolute atomic E-state index is 0.113. The van der Waals surface area contributed by atoms with Crippen LogP contribution in [0, 0.1) is 5.92 Å². The van der Waals surface area contributed by atoms with Gasteiger partial charge in [-0.3, -0.25) is 4.68 Å². The van der Waals surface area contributed by atoms with Crippen molar-refractivity contribution >= 4 is 0 Å². The first-order chi connectivity index (χ1) is 8.18. The molecule has 1 fully saturated rings. The van der Waals surface area contributed by atoms with E-state index in [0.29, 0.717) is 0 Å². The Morgan fingerprint density at radius 2 is 2.12 bits per heavy atom. The summed E-state index contributed by atoms with van der Waals surface area (Å²) in [5.74, 6) is 0.886. The van der Waals surface area contributed by atoms with Gasteiger partial charge in [0.1, 0.15) is 0 Å². The summed E-state index contributed by atoms with van der Waals surface area (Å²) in [4.78, 5) is 0. The predicted octanol–water partition coefficient (Wildman–Crippen LogP) is 3.05. The number of hydrogen-bond donors (Lipinski definition) is 1. The Balaban J connectivity index is 2.05. The van der Waals surface area contributed by atoms with E-state index in [1.807, 2.05) is 10.9 Å².